The van der Waals surface area contributed by atoms with Gasteiger partial charge >= 0.3 is 0 Å². The Hall–Kier alpha value is -3.13. The Morgan fingerprint density at radius 2 is 1.82 bits per heavy atom. The van der Waals surface area contributed by atoms with Crippen molar-refractivity contribution in [2.24, 2.45) is 0 Å². The fraction of sp³-hybridized carbons (Fsp3) is 0.150. The van der Waals surface area contributed by atoms with Crippen LogP contribution in [0.5, 0.6) is 0 Å². The third-order valence-electron chi connectivity index (χ3n) is 3.96. The number of nitro groups is 1. The SMILES string of the molecule is CC(Sc1ccc([N+](=O)[O-])cc1)C(=O)NCc1ccc(-c2ccc(F)cc2)o1. The molecule has 0 spiro atoms. The quantitative estimate of drug-likeness (QED) is 0.350. The summed E-state index contributed by atoms with van der Waals surface area (Å²) in [5.74, 6) is 0.683. The minimum absolute atomic E-state index is 0.0104. The number of non-ortho nitro benzene ring substituents is 1. The fourth-order valence-corrected chi connectivity index (χ4v) is 3.36. The van der Waals surface area contributed by atoms with Crippen molar-refractivity contribution in [3.63, 3.8) is 0 Å². The van der Waals surface area contributed by atoms with E-state index in [0.29, 0.717) is 11.5 Å². The molecule has 3 aromatic rings. The van der Waals surface area contributed by atoms with Crippen LogP contribution in [-0.2, 0) is 11.3 Å². The fourth-order valence-electron chi connectivity index (χ4n) is 2.46. The zero-order valence-corrected chi connectivity index (χ0v) is 15.7. The molecule has 144 valence electrons. The molecule has 0 radical (unpaired) electrons. The van der Waals surface area contributed by atoms with E-state index in [4.69, 9.17) is 4.42 Å². The summed E-state index contributed by atoms with van der Waals surface area (Å²) in [6.45, 7) is 1.98. The maximum Gasteiger partial charge on any atom is 0.269 e. The van der Waals surface area contributed by atoms with E-state index in [1.165, 1.54) is 36.0 Å². The summed E-state index contributed by atoms with van der Waals surface area (Å²) >= 11 is 1.31. The summed E-state index contributed by atoms with van der Waals surface area (Å²) in [5.41, 5.74) is 0.761. The molecule has 1 atom stereocenters. The van der Waals surface area contributed by atoms with Gasteiger partial charge in [0, 0.05) is 22.6 Å². The van der Waals surface area contributed by atoms with Gasteiger partial charge in [-0.25, -0.2) is 4.39 Å². The van der Waals surface area contributed by atoms with Gasteiger partial charge in [0.2, 0.25) is 5.91 Å². The smallest absolute Gasteiger partial charge is 0.269 e. The summed E-state index contributed by atoms with van der Waals surface area (Å²) in [5, 5.41) is 13.1. The first-order valence-electron chi connectivity index (χ1n) is 8.46. The third kappa shape index (κ3) is 4.98. The van der Waals surface area contributed by atoms with Crippen LogP contribution in [0.2, 0.25) is 0 Å². The highest BCUT2D eigenvalue weighted by Crippen LogP contribution is 2.26. The molecule has 1 unspecified atom stereocenters. The second-order valence-electron chi connectivity index (χ2n) is 6.00. The van der Waals surface area contributed by atoms with E-state index >= 15 is 0 Å². The van der Waals surface area contributed by atoms with Gasteiger partial charge in [0.05, 0.1) is 16.7 Å². The minimum Gasteiger partial charge on any atom is -0.459 e. The van der Waals surface area contributed by atoms with Crippen LogP contribution < -0.4 is 5.32 Å². The van der Waals surface area contributed by atoms with Crippen LogP contribution in [0.3, 0.4) is 0 Å². The first-order chi connectivity index (χ1) is 13.4. The molecule has 0 saturated carbocycles. The molecule has 0 aliphatic carbocycles. The zero-order chi connectivity index (χ0) is 20.1. The summed E-state index contributed by atoms with van der Waals surface area (Å²) in [6.07, 6.45) is 0. The monoisotopic (exact) mass is 400 g/mol. The number of rotatable bonds is 7. The number of hydrogen-bond donors (Lipinski definition) is 1. The first-order valence-corrected chi connectivity index (χ1v) is 9.34. The molecular formula is C20H17FN2O4S. The standard InChI is InChI=1S/C20H17FN2O4S/c1-13(28-18-9-6-16(7-10-18)23(25)26)20(24)22-12-17-8-11-19(27-17)14-2-4-15(21)5-3-14/h2-11,13H,12H2,1H3,(H,22,24). The highest BCUT2D eigenvalue weighted by Gasteiger charge is 2.16. The van der Waals surface area contributed by atoms with Gasteiger partial charge < -0.3 is 9.73 Å². The highest BCUT2D eigenvalue weighted by molar-refractivity contribution is 8.00. The maximum atomic E-state index is 13.0. The number of benzene rings is 2. The molecule has 8 heteroatoms. The van der Waals surface area contributed by atoms with Gasteiger partial charge in [-0.3, -0.25) is 14.9 Å². The molecule has 0 fully saturated rings. The van der Waals surface area contributed by atoms with Crippen molar-refractivity contribution < 1.29 is 18.5 Å². The van der Waals surface area contributed by atoms with Gasteiger partial charge in [0.25, 0.3) is 5.69 Å². The summed E-state index contributed by atoms with van der Waals surface area (Å²) in [6, 6.07) is 15.5. The number of nitro benzene ring substituents is 1. The van der Waals surface area contributed by atoms with Crippen molar-refractivity contribution in [1.29, 1.82) is 0 Å². The Morgan fingerprint density at radius 3 is 2.46 bits per heavy atom. The van der Waals surface area contributed by atoms with Crippen molar-refractivity contribution in [3.05, 3.63) is 82.4 Å². The van der Waals surface area contributed by atoms with E-state index in [0.717, 1.165) is 10.5 Å². The van der Waals surface area contributed by atoms with E-state index in [1.807, 2.05) is 0 Å². The predicted octanol–water partition coefficient (Wildman–Crippen LogP) is 4.79. The maximum absolute atomic E-state index is 13.0. The van der Waals surface area contributed by atoms with Gasteiger partial charge in [0.1, 0.15) is 17.3 Å². The number of carbonyl (C=O) groups excluding carboxylic acids is 1. The minimum atomic E-state index is -0.464. The Labute approximate surface area is 164 Å². The number of nitrogens with zero attached hydrogens (tertiary/aromatic N) is 1. The lowest BCUT2D eigenvalue weighted by molar-refractivity contribution is -0.384. The molecule has 6 nitrogen and oxygen atoms in total. The summed E-state index contributed by atoms with van der Waals surface area (Å²) in [4.78, 5) is 23.3. The molecule has 0 aliphatic heterocycles. The van der Waals surface area contributed by atoms with E-state index in [9.17, 15) is 19.3 Å². The number of furan rings is 1. The van der Waals surface area contributed by atoms with Crippen LogP contribution in [-0.4, -0.2) is 16.1 Å². The van der Waals surface area contributed by atoms with Crippen LogP contribution in [0.25, 0.3) is 11.3 Å². The molecule has 1 N–H and O–H groups in total. The summed E-state index contributed by atoms with van der Waals surface area (Å²) < 4.78 is 18.7. The van der Waals surface area contributed by atoms with Crippen molar-refractivity contribution in [3.8, 4) is 11.3 Å². The molecule has 1 amide bonds. The van der Waals surface area contributed by atoms with Crippen LogP contribution in [0.1, 0.15) is 12.7 Å². The molecular weight excluding hydrogens is 383 g/mol. The molecule has 0 aliphatic rings. The zero-order valence-electron chi connectivity index (χ0n) is 14.9. The van der Waals surface area contributed by atoms with Crippen molar-refractivity contribution in [2.45, 2.75) is 23.6 Å². The molecule has 3 rings (SSSR count). The number of thioether (sulfide) groups is 1. The van der Waals surface area contributed by atoms with Gasteiger partial charge in [-0.1, -0.05) is 0 Å². The van der Waals surface area contributed by atoms with Gasteiger partial charge in [-0.2, -0.15) is 0 Å². The second kappa shape index (κ2) is 8.71. The predicted molar refractivity (Wildman–Crippen MR) is 104 cm³/mol. The molecule has 1 heterocycles. The van der Waals surface area contributed by atoms with Crippen LogP contribution in [0, 0.1) is 15.9 Å². The Bertz CT molecular complexity index is 971. The van der Waals surface area contributed by atoms with Crippen molar-refractivity contribution >= 4 is 23.4 Å². The average molecular weight is 400 g/mol. The summed E-state index contributed by atoms with van der Waals surface area (Å²) in [7, 11) is 0. The van der Waals surface area contributed by atoms with Crippen LogP contribution in [0.15, 0.2) is 70.0 Å². The van der Waals surface area contributed by atoms with E-state index in [2.05, 4.69) is 5.32 Å². The van der Waals surface area contributed by atoms with Gasteiger partial charge in [-0.15, -0.1) is 11.8 Å². The van der Waals surface area contributed by atoms with Gasteiger partial charge in [-0.05, 0) is 55.5 Å². The first kappa shape index (κ1) is 19.6. The Balaban J connectivity index is 1.53. The highest BCUT2D eigenvalue weighted by atomic mass is 32.2. The molecule has 0 saturated heterocycles. The van der Waals surface area contributed by atoms with Crippen LogP contribution >= 0.6 is 11.8 Å². The third-order valence-corrected chi connectivity index (χ3v) is 5.07. The largest absolute Gasteiger partial charge is 0.459 e. The number of nitrogens with one attached hydrogen (secondary N) is 1. The molecule has 28 heavy (non-hydrogen) atoms. The van der Waals surface area contributed by atoms with E-state index in [-0.39, 0.29) is 29.2 Å². The van der Waals surface area contributed by atoms with Crippen molar-refractivity contribution in [1.82, 2.24) is 5.32 Å². The van der Waals surface area contributed by atoms with Gasteiger partial charge in [0.15, 0.2) is 0 Å². The van der Waals surface area contributed by atoms with E-state index in [1.54, 1.807) is 43.3 Å². The average Bonchev–Trinajstić information content (AvgIpc) is 3.16. The lowest BCUT2D eigenvalue weighted by Gasteiger charge is -2.11. The molecule has 2 aromatic carbocycles. The Kier molecular flexibility index (Phi) is 6.10. The van der Waals surface area contributed by atoms with Crippen LogP contribution in [0.4, 0.5) is 10.1 Å². The topological polar surface area (TPSA) is 85.4 Å². The molecule has 1 aromatic heterocycles. The number of hydrogen-bond acceptors (Lipinski definition) is 5. The number of amides is 1. The normalized spacial score (nSPS) is 11.8. The van der Waals surface area contributed by atoms with Crippen molar-refractivity contribution in [2.75, 3.05) is 0 Å². The lowest BCUT2D eigenvalue weighted by Crippen LogP contribution is -2.30. The molecule has 0 bridgehead atoms. The number of carbonyl (C=O) groups is 1. The number of halogens is 1. The second-order valence-corrected chi connectivity index (χ2v) is 7.42. The van der Waals surface area contributed by atoms with E-state index < -0.39 is 4.92 Å². The Morgan fingerprint density at radius 1 is 1.14 bits per heavy atom. The lowest BCUT2D eigenvalue weighted by atomic mass is 10.2.